The Morgan fingerprint density at radius 1 is 1.50 bits per heavy atom. The lowest BCUT2D eigenvalue weighted by atomic mass is 10.2. The van der Waals surface area contributed by atoms with Crippen molar-refractivity contribution in [3.05, 3.63) is 47.5 Å². The summed E-state index contributed by atoms with van der Waals surface area (Å²) < 4.78 is 1.78. The monoisotopic (exact) mass is 236 g/mol. The Labute approximate surface area is 96.8 Å². The molecule has 6 heteroatoms. The van der Waals surface area contributed by atoms with Crippen molar-refractivity contribution < 1.29 is 5.21 Å². The molecule has 0 spiro atoms. The normalized spacial score (nSPS) is 11.7. The molecule has 0 bridgehead atoms. The Bertz CT molecular complexity index is 522. The third-order valence-corrected chi connectivity index (χ3v) is 2.44. The molecule has 0 saturated carbocycles. The van der Waals surface area contributed by atoms with Crippen molar-refractivity contribution in [2.45, 2.75) is 0 Å². The lowest BCUT2D eigenvalue weighted by Crippen LogP contribution is -2.13. The molecule has 1 aromatic heterocycles. The van der Waals surface area contributed by atoms with E-state index in [9.17, 15) is 0 Å². The third kappa shape index (κ3) is 1.85. The molecule has 0 aliphatic heterocycles. The Morgan fingerprint density at radius 2 is 2.31 bits per heavy atom. The third-order valence-electron chi connectivity index (χ3n) is 2.13. The predicted octanol–water partition coefficient (Wildman–Crippen LogP) is 1.62. The molecule has 1 heterocycles. The summed E-state index contributed by atoms with van der Waals surface area (Å²) in [4.78, 5) is 3.93. The van der Waals surface area contributed by atoms with Crippen molar-refractivity contribution in [1.29, 1.82) is 0 Å². The number of rotatable bonds is 2. The molecule has 0 radical (unpaired) electrons. The van der Waals surface area contributed by atoms with Crippen molar-refractivity contribution >= 4 is 17.4 Å². The van der Waals surface area contributed by atoms with E-state index in [4.69, 9.17) is 22.5 Å². The molecule has 0 aliphatic rings. The summed E-state index contributed by atoms with van der Waals surface area (Å²) in [6.45, 7) is 0. The van der Waals surface area contributed by atoms with Gasteiger partial charge in [-0.25, -0.2) is 4.98 Å². The van der Waals surface area contributed by atoms with Gasteiger partial charge in [-0.3, -0.25) is 0 Å². The van der Waals surface area contributed by atoms with Crippen LogP contribution in [-0.4, -0.2) is 20.6 Å². The number of hydrogen-bond donors (Lipinski definition) is 2. The summed E-state index contributed by atoms with van der Waals surface area (Å²) in [5.74, 6) is 0.0269. The molecule has 82 valence electrons. The average Bonchev–Trinajstić information content (AvgIpc) is 2.81. The highest BCUT2D eigenvalue weighted by atomic mass is 35.5. The van der Waals surface area contributed by atoms with Gasteiger partial charge in [0.15, 0.2) is 5.84 Å². The number of nitrogens with two attached hydrogens (primary N) is 1. The first-order valence-electron chi connectivity index (χ1n) is 4.48. The number of oxime groups is 1. The Hall–Kier alpha value is -2.01. The fourth-order valence-electron chi connectivity index (χ4n) is 1.33. The average molecular weight is 237 g/mol. The molecule has 0 atom stereocenters. The second kappa shape index (κ2) is 4.24. The molecule has 5 nitrogen and oxygen atoms in total. The molecule has 1 aromatic carbocycles. The largest absolute Gasteiger partial charge is 0.409 e. The van der Waals surface area contributed by atoms with Crippen LogP contribution in [0, 0.1) is 0 Å². The van der Waals surface area contributed by atoms with Crippen LogP contribution in [0.1, 0.15) is 5.56 Å². The summed E-state index contributed by atoms with van der Waals surface area (Å²) >= 11 is 6.08. The number of benzene rings is 1. The van der Waals surface area contributed by atoms with Gasteiger partial charge in [0.05, 0.1) is 17.0 Å². The van der Waals surface area contributed by atoms with E-state index in [-0.39, 0.29) is 5.84 Å². The van der Waals surface area contributed by atoms with Crippen molar-refractivity contribution in [3.63, 3.8) is 0 Å². The first-order chi connectivity index (χ1) is 7.72. The van der Waals surface area contributed by atoms with Crippen LogP contribution < -0.4 is 5.73 Å². The summed E-state index contributed by atoms with van der Waals surface area (Å²) in [6.07, 6.45) is 5.09. The second-order valence-electron chi connectivity index (χ2n) is 3.12. The van der Waals surface area contributed by atoms with Gasteiger partial charge in [-0.15, -0.1) is 0 Å². The van der Waals surface area contributed by atoms with E-state index < -0.39 is 0 Å². The molecule has 2 aromatic rings. The molecule has 0 unspecified atom stereocenters. The van der Waals surface area contributed by atoms with E-state index in [1.165, 1.54) is 0 Å². The van der Waals surface area contributed by atoms with Gasteiger partial charge in [-0.2, -0.15) is 0 Å². The van der Waals surface area contributed by atoms with Crippen molar-refractivity contribution in [2.75, 3.05) is 0 Å². The quantitative estimate of drug-likeness (QED) is 0.360. The number of amidine groups is 1. The van der Waals surface area contributed by atoms with Gasteiger partial charge < -0.3 is 15.5 Å². The van der Waals surface area contributed by atoms with Crippen LogP contribution in [0.5, 0.6) is 0 Å². The van der Waals surface area contributed by atoms with Crippen molar-refractivity contribution in [3.8, 4) is 5.69 Å². The van der Waals surface area contributed by atoms with E-state index in [1.54, 1.807) is 41.5 Å². The first kappa shape index (κ1) is 10.5. The molecule has 16 heavy (non-hydrogen) atoms. The minimum absolute atomic E-state index is 0.0269. The highest BCUT2D eigenvalue weighted by Gasteiger charge is 2.06. The zero-order valence-corrected chi connectivity index (χ0v) is 8.96. The van der Waals surface area contributed by atoms with E-state index in [0.717, 1.165) is 5.69 Å². The van der Waals surface area contributed by atoms with Crippen LogP contribution in [0.15, 0.2) is 42.1 Å². The van der Waals surface area contributed by atoms with E-state index in [2.05, 4.69) is 10.1 Å². The highest BCUT2D eigenvalue weighted by Crippen LogP contribution is 2.21. The second-order valence-corrected chi connectivity index (χ2v) is 3.53. The maximum atomic E-state index is 8.54. The number of nitrogens with zero attached hydrogens (tertiary/aromatic N) is 3. The molecule has 0 fully saturated rings. The Kier molecular flexibility index (Phi) is 2.78. The minimum Gasteiger partial charge on any atom is -0.409 e. The molecule has 0 saturated heterocycles. The zero-order valence-electron chi connectivity index (χ0n) is 8.21. The Morgan fingerprint density at radius 3 is 2.88 bits per heavy atom. The van der Waals surface area contributed by atoms with Crippen molar-refractivity contribution in [2.24, 2.45) is 10.9 Å². The maximum Gasteiger partial charge on any atom is 0.170 e. The van der Waals surface area contributed by atoms with Crippen LogP contribution >= 0.6 is 11.6 Å². The van der Waals surface area contributed by atoms with Gasteiger partial charge in [-0.05, 0) is 18.2 Å². The molecular weight excluding hydrogens is 228 g/mol. The van der Waals surface area contributed by atoms with Gasteiger partial charge in [0.25, 0.3) is 0 Å². The van der Waals surface area contributed by atoms with Gasteiger partial charge >= 0.3 is 0 Å². The SMILES string of the molecule is NC(=NO)c1ccc(-n2ccnc2)c(Cl)c1. The van der Waals surface area contributed by atoms with Gasteiger partial charge in [0.1, 0.15) is 0 Å². The molecule has 2 rings (SSSR count). The molecule has 0 amide bonds. The number of imidazole rings is 1. The van der Waals surface area contributed by atoms with E-state index >= 15 is 0 Å². The first-order valence-corrected chi connectivity index (χ1v) is 4.86. The lowest BCUT2D eigenvalue weighted by molar-refractivity contribution is 0.318. The van der Waals surface area contributed by atoms with E-state index in [0.29, 0.717) is 10.6 Å². The smallest absolute Gasteiger partial charge is 0.170 e. The van der Waals surface area contributed by atoms with Gasteiger partial charge in [0, 0.05) is 18.0 Å². The van der Waals surface area contributed by atoms with Crippen LogP contribution in [0.3, 0.4) is 0 Å². The summed E-state index contributed by atoms with van der Waals surface area (Å²) in [6, 6.07) is 5.12. The topological polar surface area (TPSA) is 76.4 Å². The summed E-state index contributed by atoms with van der Waals surface area (Å²) in [5, 5.41) is 11.9. The van der Waals surface area contributed by atoms with Gasteiger partial charge in [-0.1, -0.05) is 16.8 Å². The van der Waals surface area contributed by atoms with Crippen LogP contribution in [0.4, 0.5) is 0 Å². The zero-order chi connectivity index (χ0) is 11.5. The van der Waals surface area contributed by atoms with Crippen LogP contribution in [0.25, 0.3) is 5.69 Å². The maximum absolute atomic E-state index is 8.54. The highest BCUT2D eigenvalue weighted by molar-refractivity contribution is 6.32. The fraction of sp³-hybridized carbons (Fsp3) is 0. The fourth-order valence-corrected chi connectivity index (χ4v) is 1.61. The minimum atomic E-state index is 0.0269. The number of halogens is 1. The standard InChI is InChI=1S/C10H9ClN4O/c11-8-5-7(10(12)14-16)1-2-9(8)15-4-3-13-6-15/h1-6,16H,(H2,12,14). The van der Waals surface area contributed by atoms with Crippen molar-refractivity contribution in [1.82, 2.24) is 9.55 Å². The van der Waals surface area contributed by atoms with Crippen LogP contribution in [0.2, 0.25) is 5.02 Å². The van der Waals surface area contributed by atoms with Crippen LogP contribution in [-0.2, 0) is 0 Å². The van der Waals surface area contributed by atoms with E-state index in [1.807, 2.05) is 0 Å². The summed E-state index contributed by atoms with van der Waals surface area (Å²) in [7, 11) is 0. The number of aromatic nitrogens is 2. The molecule has 0 aliphatic carbocycles. The predicted molar refractivity (Wildman–Crippen MR) is 61.1 cm³/mol. The molecule has 3 N–H and O–H groups in total. The number of hydrogen-bond acceptors (Lipinski definition) is 3. The Balaban J connectivity index is 2.45. The summed E-state index contributed by atoms with van der Waals surface area (Å²) in [5.41, 5.74) is 6.81. The van der Waals surface area contributed by atoms with Gasteiger partial charge in [0.2, 0.25) is 0 Å². The lowest BCUT2D eigenvalue weighted by Gasteiger charge is -2.06. The molecular formula is C10H9ClN4O.